The van der Waals surface area contributed by atoms with Crippen LogP contribution in [0.25, 0.3) is 0 Å². The van der Waals surface area contributed by atoms with Gasteiger partial charge in [-0.1, -0.05) is 0 Å². The first-order chi connectivity index (χ1) is 17.5. The lowest BCUT2D eigenvalue weighted by atomic mass is 10.2. The number of carbonyl (C=O) groups excluding carboxylic acids is 3. The van der Waals surface area contributed by atoms with E-state index in [1.807, 2.05) is 25.7 Å². The highest BCUT2D eigenvalue weighted by molar-refractivity contribution is 5.90. The van der Waals surface area contributed by atoms with Crippen LogP contribution in [0.5, 0.6) is 0 Å². The van der Waals surface area contributed by atoms with Crippen molar-refractivity contribution in [2.45, 2.75) is 39.4 Å². The van der Waals surface area contributed by atoms with E-state index in [2.05, 4.69) is 15.2 Å². The Morgan fingerprint density at radius 3 is 2.43 bits per heavy atom. The van der Waals surface area contributed by atoms with E-state index < -0.39 is 29.6 Å². The molecule has 2 aliphatic rings. The number of esters is 1. The third-order valence-corrected chi connectivity index (χ3v) is 6.02. The van der Waals surface area contributed by atoms with Crippen LogP contribution in [0.3, 0.4) is 0 Å². The lowest BCUT2D eigenvalue weighted by Gasteiger charge is -2.37. The Balaban J connectivity index is 1.34. The van der Waals surface area contributed by atoms with Crippen LogP contribution < -0.4 is 20.0 Å². The van der Waals surface area contributed by atoms with Gasteiger partial charge in [-0.15, -0.1) is 0 Å². The maximum absolute atomic E-state index is 15.1. The van der Waals surface area contributed by atoms with Gasteiger partial charge in [-0.25, -0.2) is 19.0 Å². The molecule has 2 fully saturated rings. The molecule has 1 aromatic heterocycles. The van der Waals surface area contributed by atoms with Crippen molar-refractivity contribution in [3.8, 4) is 0 Å². The quantitative estimate of drug-likeness (QED) is 0.588. The van der Waals surface area contributed by atoms with Crippen LogP contribution in [0.2, 0.25) is 0 Å². The largest absolute Gasteiger partial charge is 0.456 e. The average Bonchev–Trinajstić information content (AvgIpc) is 3.22. The molecule has 10 nitrogen and oxygen atoms in total. The number of ether oxygens (including phenoxy) is 2. The predicted molar refractivity (Wildman–Crippen MR) is 137 cm³/mol. The van der Waals surface area contributed by atoms with Crippen molar-refractivity contribution in [2.75, 3.05) is 54.0 Å². The molecule has 0 aliphatic carbocycles. The number of cyclic esters (lactones) is 1. The maximum atomic E-state index is 15.1. The average molecular weight is 514 g/mol. The number of hydrogen-bond acceptors (Lipinski definition) is 8. The van der Waals surface area contributed by atoms with Gasteiger partial charge in [0.2, 0.25) is 5.91 Å². The summed E-state index contributed by atoms with van der Waals surface area (Å²) in [5, 5.41) is 2.62. The Kier molecular flexibility index (Phi) is 7.51. The van der Waals surface area contributed by atoms with E-state index >= 15 is 4.39 Å². The van der Waals surface area contributed by atoms with Crippen molar-refractivity contribution in [2.24, 2.45) is 0 Å². The summed E-state index contributed by atoms with van der Waals surface area (Å²) in [6.45, 7) is 9.69. The highest BCUT2D eigenvalue weighted by Crippen LogP contribution is 2.29. The van der Waals surface area contributed by atoms with E-state index in [9.17, 15) is 14.4 Å². The van der Waals surface area contributed by atoms with Crippen molar-refractivity contribution in [1.82, 2.24) is 10.3 Å². The standard InChI is InChI=1S/C26H32FN5O5/c1-17(33)28-15-20-16-32(25(35)36-20)19-6-7-22(21(27)13-19)30-9-11-31(12-10-30)23-8-5-18(14-29-23)24(34)37-26(2,3)4/h5-8,13-14,20H,9-12,15-16H2,1-4H3,(H,28,33). The Hall–Kier alpha value is -3.89. The van der Waals surface area contributed by atoms with E-state index in [0.717, 1.165) is 5.82 Å². The third-order valence-electron chi connectivity index (χ3n) is 6.02. The number of aromatic nitrogens is 1. The highest BCUT2D eigenvalue weighted by Gasteiger charge is 2.33. The molecular formula is C26H32FN5O5. The van der Waals surface area contributed by atoms with Crippen LogP contribution in [0.15, 0.2) is 36.5 Å². The number of anilines is 3. The lowest BCUT2D eigenvalue weighted by molar-refractivity contribution is -0.119. The normalized spacial score (nSPS) is 18.0. The minimum atomic E-state index is -0.576. The predicted octanol–water partition coefficient (Wildman–Crippen LogP) is 2.96. The Morgan fingerprint density at radius 2 is 1.84 bits per heavy atom. The van der Waals surface area contributed by atoms with Crippen molar-refractivity contribution in [1.29, 1.82) is 0 Å². The van der Waals surface area contributed by atoms with Gasteiger partial charge in [0.15, 0.2) is 0 Å². The molecule has 0 saturated carbocycles. The molecule has 3 heterocycles. The van der Waals surface area contributed by atoms with E-state index in [1.165, 1.54) is 24.1 Å². The zero-order valence-corrected chi connectivity index (χ0v) is 21.5. The van der Waals surface area contributed by atoms with E-state index in [-0.39, 0.29) is 19.0 Å². The monoisotopic (exact) mass is 513 g/mol. The van der Waals surface area contributed by atoms with Gasteiger partial charge in [-0.05, 0) is 51.1 Å². The number of amides is 2. The van der Waals surface area contributed by atoms with Gasteiger partial charge in [-0.2, -0.15) is 0 Å². The summed E-state index contributed by atoms with van der Waals surface area (Å²) in [6, 6.07) is 8.19. The van der Waals surface area contributed by atoms with Crippen LogP contribution >= 0.6 is 0 Å². The topological polar surface area (TPSA) is 104 Å². The van der Waals surface area contributed by atoms with Crippen molar-refractivity contribution in [3.63, 3.8) is 0 Å². The molecule has 2 aromatic rings. The van der Waals surface area contributed by atoms with Crippen molar-refractivity contribution < 1.29 is 28.2 Å². The molecule has 37 heavy (non-hydrogen) atoms. The number of rotatable bonds is 6. The number of nitrogens with one attached hydrogen (secondary N) is 1. The fraction of sp³-hybridized carbons (Fsp3) is 0.462. The summed E-state index contributed by atoms with van der Waals surface area (Å²) < 4.78 is 25.7. The molecule has 11 heteroatoms. The van der Waals surface area contributed by atoms with Gasteiger partial charge < -0.3 is 24.6 Å². The maximum Gasteiger partial charge on any atom is 0.414 e. The van der Waals surface area contributed by atoms with Crippen LogP contribution in [0.4, 0.5) is 26.4 Å². The van der Waals surface area contributed by atoms with E-state index in [1.54, 1.807) is 24.3 Å². The minimum absolute atomic E-state index is 0.209. The summed E-state index contributed by atoms with van der Waals surface area (Å²) in [6.07, 6.45) is 0.457. The second-order valence-electron chi connectivity index (χ2n) is 10.1. The van der Waals surface area contributed by atoms with Crippen LogP contribution in [0, 0.1) is 5.82 Å². The molecule has 0 radical (unpaired) electrons. The summed E-state index contributed by atoms with van der Waals surface area (Å²) in [7, 11) is 0. The first-order valence-electron chi connectivity index (χ1n) is 12.2. The molecule has 2 aliphatic heterocycles. The van der Waals surface area contributed by atoms with Gasteiger partial charge in [0.25, 0.3) is 0 Å². The Morgan fingerprint density at radius 1 is 1.14 bits per heavy atom. The van der Waals surface area contributed by atoms with Crippen LogP contribution in [0.1, 0.15) is 38.1 Å². The molecule has 198 valence electrons. The second-order valence-corrected chi connectivity index (χ2v) is 10.1. The first kappa shape index (κ1) is 26.2. The highest BCUT2D eigenvalue weighted by atomic mass is 19.1. The summed E-state index contributed by atoms with van der Waals surface area (Å²) in [5.74, 6) is -0.313. The van der Waals surface area contributed by atoms with Crippen LogP contribution in [-0.4, -0.2) is 73.9 Å². The van der Waals surface area contributed by atoms with Gasteiger partial charge >= 0.3 is 12.1 Å². The summed E-state index contributed by atoms with van der Waals surface area (Å²) in [4.78, 5) is 45.4. The number of benzene rings is 1. The van der Waals surface area contributed by atoms with Gasteiger partial charge in [0.05, 0.1) is 30.0 Å². The van der Waals surface area contributed by atoms with Gasteiger partial charge in [-0.3, -0.25) is 9.69 Å². The molecule has 1 N–H and O–H groups in total. The number of piperazine rings is 1. The SMILES string of the molecule is CC(=O)NCC1CN(c2ccc(N3CCN(c4ccc(C(=O)OC(C)(C)C)cn4)CC3)c(F)c2)C(=O)O1. The molecule has 1 aromatic carbocycles. The summed E-state index contributed by atoms with van der Waals surface area (Å²) in [5.41, 5.74) is 0.680. The zero-order chi connectivity index (χ0) is 26.7. The Bertz CT molecular complexity index is 1160. The molecular weight excluding hydrogens is 481 g/mol. The second kappa shape index (κ2) is 10.6. The molecule has 2 saturated heterocycles. The van der Waals surface area contributed by atoms with Crippen molar-refractivity contribution in [3.05, 3.63) is 47.9 Å². The smallest absolute Gasteiger partial charge is 0.414 e. The minimum Gasteiger partial charge on any atom is -0.456 e. The number of nitrogens with zero attached hydrogens (tertiary/aromatic N) is 4. The summed E-state index contributed by atoms with van der Waals surface area (Å²) >= 11 is 0. The number of pyridine rings is 1. The van der Waals surface area contributed by atoms with Gasteiger partial charge in [0.1, 0.15) is 23.3 Å². The van der Waals surface area contributed by atoms with Crippen LogP contribution in [-0.2, 0) is 14.3 Å². The molecule has 1 unspecified atom stereocenters. The molecule has 2 amide bonds. The Labute approximate surface area is 215 Å². The van der Waals surface area contributed by atoms with Crippen molar-refractivity contribution >= 4 is 35.2 Å². The van der Waals surface area contributed by atoms with Gasteiger partial charge in [0, 0.05) is 39.3 Å². The van der Waals surface area contributed by atoms with E-state index in [4.69, 9.17) is 9.47 Å². The zero-order valence-electron chi connectivity index (χ0n) is 21.5. The lowest BCUT2D eigenvalue weighted by Crippen LogP contribution is -2.47. The molecule has 4 rings (SSSR count). The first-order valence-corrected chi connectivity index (χ1v) is 12.2. The molecule has 0 bridgehead atoms. The number of halogens is 1. The fourth-order valence-electron chi connectivity index (χ4n) is 4.22. The molecule has 1 atom stereocenters. The fourth-order valence-corrected chi connectivity index (χ4v) is 4.22. The molecule has 0 spiro atoms. The number of hydrogen-bond donors (Lipinski definition) is 1. The third kappa shape index (κ3) is 6.46. The number of carbonyl (C=O) groups is 3. The van der Waals surface area contributed by atoms with E-state index in [0.29, 0.717) is 43.1 Å².